The number of hydrazine groups is 1. The summed E-state index contributed by atoms with van der Waals surface area (Å²) in [5.41, 5.74) is 1.58. The van der Waals surface area contributed by atoms with Crippen LogP contribution in [0, 0.1) is 5.82 Å². The van der Waals surface area contributed by atoms with Crippen molar-refractivity contribution in [1.29, 1.82) is 0 Å². The summed E-state index contributed by atoms with van der Waals surface area (Å²) in [4.78, 5) is 29.6. The number of amides is 2. The van der Waals surface area contributed by atoms with Gasteiger partial charge in [-0.1, -0.05) is 55.0 Å². The number of nitrogens with one attached hydrogen (secondary N) is 1. The van der Waals surface area contributed by atoms with Crippen LogP contribution in [0.4, 0.5) is 4.39 Å². The summed E-state index contributed by atoms with van der Waals surface area (Å²) in [7, 11) is 0. The number of hydrogen-bond donors (Lipinski definition) is 2. The molecule has 2 aromatic rings. The lowest BCUT2D eigenvalue weighted by molar-refractivity contribution is -0.183. The topological polar surface area (TPSA) is 104 Å². The first-order valence-corrected chi connectivity index (χ1v) is 16.1. The average Bonchev–Trinajstić information content (AvgIpc) is 3.09. The zero-order chi connectivity index (χ0) is 33.2. The Morgan fingerprint density at radius 1 is 1.09 bits per heavy atom. The molecular formula is C36H43FN4O6. The smallest absolute Gasteiger partial charge is 0.277 e. The molecule has 3 heterocycles. The fourth-order valence-corrected chi connectivity index (χ4v) is 5.81. The second kappa shape index (κ2) is 16.4. The number of carbonyl (C=O) groups excluding carboxylic acids is 2. The van der Waals surface area contributed by atoms with Gasteiger partial charge in [0.2, 0.25) is 0 Å². The standard InChI is InChI=1S/C36H43FN4O6/c1-3-5-7-8-12-17-40-31-25-45-20-18-39(31)36(44)32-34(47-24-26-13-10-9-11-14-26)33(42)29(23-41(32)40)35(43)38-22-27-15-16-28(37)21-30(27)46-19-6-4-2/h3-4,9-11,13-16,21,23,31,33,42H,1-2,5-8,12,17-20,22,24-25H2,(H,38,43)/t31-,33?/m1/s1. The molecule has 2 amide bonds. The van der Waals surface area contributed by atoms with E-state index in [0.29, 0.717) is 50.6 Å². The molecule has 11 heteroatoms. The van der Waals surface area contributed by atoms with Crippen LogP contribution in [-0.4, -0.2) is 77.0 Å². The van der Waals surface area contributed by atoms with Crippen molar-refractivity contribution in [2.24, 2.45) is 0 Å². The summed E-state index contributed by atoms with van der Waals surface area (Å²) in [6.07, 6.45) is 7.46. The minimum absolute atomic E-state index is 0.00249. The Morgan fingerprint density at radius 2 is 1.89 bits per heavy atom. The van der Waals surface area contributed by atoms with Crippen LogP contribution in [0.3, 0.4) is 0 Å². The van der Waals surface area contributed by atoms with Crippen LogP contribution < -0.4 is 10.1 Å². The maximum absolute atomic E-state index is 14.0. The minimum Gasteiger partial charge on any atom is -0.493 e. The number of unbranched alkanes of at least 4 members (excludes halogenated alkanes) is 3. The molecule has 47 heavy (non-hydrogen) atoms. The van der Waals surface area contributed by atoms with Gasteiger partial charge < -0.3 is 29.5 Å². The summed E-state index contributed by atoms with van der Waals surface area (Å²) in [6, 6.07) is 13.5. The first-order chi connectivity index (χ1) is 22.9. The fourth-order valence-electron chi connectivity index (χ4n) is 5.81. The van der Waals surface area contributed by atoms with Crippen molar-refractivity contribution >= 4 is 11.8 Å². The SMILES string of the molecule is C=CCCCCCN1[C@@H]2COCCN2C(=O)C2=C(OCc3ccccc3)C(O)C(C(=O)NCc3ccc(F)cc3OCCC=C)=CN21. The van der Waals surface area contributed by atoms with Crippen molar-refractivity contribution in [1.82, 2.24) is 20.2 Å². The molecule has 2 aromatic carbocycles. The number of halogens is 1. The van der Waals surface area contributed by atoms with Crippen LogP contribution in [0.5, 0.6) is 5.75 Å². The number of aliphatic hydroxyl groups excluding tert-OH is 1. The lowest BCUT2D eigenvalue weighted by atomic mass is 10.0. The summed E-state index contributed by atoms with van der Waals surface area (Å²) >= 11 is 0. The number of benzene rings is 2. The minimum atomic E-state index is -1.52. The summed E-state index contributed by atoms with van der Waals surface area (Å²) in [6.45, 7) is 9.57. The lowest BCUT2D eigenvalue weighted by Crippen LogP contribution is -2.67. The van der Waals surface area contributed by atoms with Crippen molar-refractivity contribution < 1.29 is 33.3 Å². The molecule has 0 aliphatic carbocycles. The molecule has 0 saturated carbocycles. The quantitative estimate of drug-likeness (QED) is 0.202. The Bertz CT molecular complexity index is 1500. The van der Waals surface area contributed by atoms with E-state index >= 15 is 0 Å². The second-order valence-corrected chi connectivity index (χ2v) is 11.5. The highest BCUT2D eigenvalue weighted by Gasteiger charge is 2.48. The zero-order valence-corrected chi connectivity index (χ0v) is 26.6. The summed E-state index contributed by atoms with van der Waals surface area (Å²) in [5.74, 6) is -1.02. The molecular weight excluding hydrogens is 603 g/mol. The van der Waals surface area contributed by atoms with Gasteiger partial charge in [0.1, 0.15) is 30.4 Å². The fraction of sp³-hybridized carbons (Fsp3) is 0.389. The van der Waals surface area contributed by atoms with E-state index in [1.165, 1.54) is 18.3 Å². The van der Waals surface area contributed by atoms with Crippen LogP contribution in [0.1, 0.15) is 43.2 Å². The van der Waals surface area contributed by atoms with Crippen molar-refractivity contribution in [2.75, 3.05) is 32.9 Å². The van der Waals surface area contributed by atoms with Gasteiger partial charge in [0.25, 0.3) is 11.8 Å². The van der Waals surface area contributed by atoms with E-state index < -0.39 is 17.8 Å². The Kier molecular flexibility index (Phi) is 11.8. The van der Waals surface area contributed by atoms with E-state index in [0.717, 1.165) is 31.2 Å². The number of ether oxygens (including phenoxy) is 3. The van der Waals surface area contributed by atoms with Crippen LogP contribution in [-0.2, 0) is 32.2 Å². The molecule has 3 aliphatic rings. The third-order valence-electron chi connectivity index (χ3n) is 8.30. The highest BCUT2D eigenvalue weighted by molar-refractivity contribution is 5.99. The van der Waals surface area contributed by atoms with E-state index in [2.05, 4.69) is 18.5 Å². The molecule has 2 atom stereocenters. The third kappa shape index (κ3) is 8.10. The van der Waals surface area contributed by atoms with Gasteiger partial charge in [-0.15, -0.1) is 13.2 Å². The molecule has 0 radical (unpaired) electrons. The molecule has 2 N–H and O–H groups in total. The second-order valence-electron chi connectivity index (χ2n) is 11.5. The molecule has 3 aliphatic heterocycles. The van der Waals surface area contributed by atoms with Crippen LogP contribution in [0.15, 0.2) is 97.1 Å². The Balaban J connectivity index is 1.45. The van der Waals surface area contributed by atoms with Gasteiger partial charge in [-0.3, -0.25) is 14.6 Å². The first-order valence-electron chi connectivity index (χ1n) is 16.1. The van der Waals surface area contributed by atoms with E-state index in [4.69, 9.17) is 14.2 Å². The number of nitrogens with zero attached hydrogens (tertiary/aromatic N) is 3. The number of rotatable bonds is 16. The number of hydrogen-bond acceptors (Lipinski definition) is 8. The Labute approximate surface area is 275 Å². The summed E-state index contributed by atoms with van der Waals surface area (Å²) < 4.78 is 31.8. The molecule has 5 rings (SSSR count). The van der Waals surface area contributed by atoms with Gasteiger partial charge in [-0.2, -0.15) is 5.01 Å². The number of morpholine rings is 1. The van der Waals surface area contributed by atoms with Gasteiger partial charge in [-0.25, -0.2) is 4.39 Å². The van der Waals surface area contributed by atoms with E-state index in [9.17, 15) is 19.1 Å². The third-order valence-corrected chi connectivity index (χ3v) is 8.30. The van der Waals surface area contributed by atoms with Crippen molar-refractivity contribution in [3.8, 4) is 5.75 Å². The predicted molar refractivity (Wildman–Crippen MR) is 174 cm³/mol. The maximum Gasteiger partial charge on any atom is 0.277 e. The van der Waals surface area contributed by atoms with E-state index in [-0.39, 0.29) is 42.3 Å². The maximum atomic E-state index is 14.0. The normalized spacial score (nSPS) is 19.4. The molecule has 250 valence electrons. The van der Waals surface area contributed by atoms with E-state index in [1.807, 2.05) is 41.4 Å². The molecule has 0 spiro atoms. The number of carbonyl (C=O) groups is 2. The van der Waals surface area contributed by atoms with Crippen molar-refractivity contribution in [3.05, 3.63) is 114 Å². The Hall–Kier alpha value is -4.45. The molecule has 2 fully saturated rings. The average molecular weight is 647 g/mol. The van der Waals surface area contributed by atoms with Crippen molar-refractivity contribution in [2.45, 2.75) is 57.5 Å². The molecule has 10 nitrogen and oxygen atoms in total. The number of allylic oxidation sites excluding steroid dienone is 1. The van der Waals surface area contributed by atoms with E-state index in [1.54, 1.807) is 22.1 Å². The van der Waals surface area contributed by atoms with Gasteiger partial charge >= 0.3 is 0 Å². The van der Waals surface area contributed by atoms with Gasteiger partial charge in [0, 0.05) is 37.5 Å². The monoisotopic (exact) mass is 646 g/mol. The van der Waals surface area contributed by atoms with Crippen LogP contribution in [0.25, 0.3) is 0 Å². The zero-order valence-electron chi connectivity index (χ0n) is 26.6. The number of fused-ring (bicyclic) bond motifs is 2. The molecule has 0 bridgehead atoms. The predicted octanol–water partition coefficient (Wildman–Crippen LogP) is 4.55. The first kappa shape index (κ1) is 33.9. The largest absolute Gasteiger partial charge is 0.493 e. The highest BCUT2D eigenvalue weighted by Crippen LogP contribution is 2.36. The summed E-state index contributed by atoms with van der Waals surface area (Å²) in [5, 5.41) is 18.2. The van der Waals surface area contributed by atoms with Crippen LogP contribution >= 0.6 is 0 Å². The Morgan fingerprint density at radius 3 is 2.68 bits per heavy atom. The highest BCUT2D eigenvalue weighted by atomic mass is 19.1. The van der Waals surface area contributed by atoms with Gasteiger partial charge in [0.15, 0.2) is 11.5 Å². The molecule has 2 saturated heterocycles. The van der Waals surface area contributed by atoms with Crippen molar-refractivity contribution in [3.63, 3.8) is 0 Å². The van der Waals surface area contributed by atoms with Crippen LogP contribution in [0.2, 0.25) is 0 Å². The molecule has 1 unspecified atom stereocenters. The van der Waals surface area contributed by atoms with Gasteiger partial charge in [0.05, 0.1) is 25.4 Å². The van der Waals surface area contributed by atoms with Gasteiger partial charge in [-0.05, 0) is 37.3 Å². The molecule has 0 aromatic heterocycles. The number of aliphatic hydroxyl groups is 1. The lowest BCUT2D eigenvalue weighted by Gasteiger charge is -2.53.